The Bertz CT molecular complexity index is 668. The van der Waals surface area contributed by atoms with Crippen LogP contribution >= 0.6 is 15.9 Å². The van der Waals surface area contributed by atoms with E-state index < -0.39 is 5.97 Å². The Kier molecular flexibility index (Phi) is 4.31. The van der Waals surface area contributed by atoms with Crippen LogP contribution < -0.4 is 0 Å². The minimum atomic E-state index is -1.06. The SMILES string of the molecule is CC1CC(c2ccc(Br)cc2)CN1Cc1nc(C(=O)O)co1. The third kappa shape index (κ3) is 3.23. The Labute approximate surface area is 137 Å². The lowest BCUT2D eigenvalue weighted by Gasteiger charge is -2.18. The average molecular weight is 365 g/mol. The molecule has 2 heterocycles. The van der Waals surface area contributed by atoms with Crippen LogP contribution in [-0.4, -0.2) is 33.5 Å². The molecule has 1 aromatic carbocycles. The Morgan fingerprint density at radius 1 is 1.45 bits per heavy atom. The zero-order chi connectivity index (χ0) is 15.7. The van der Waals surface area contributed by atoms with Gasteiger partial charge in [0.1, 0.15) is 6.26 Å². The van der Waals surface area contributed by atoms with Crippen molar-refractivity contribution in [1.29, 1.82) is 0 Å². The van der Waals surface area contributed by atoms with Gasteiger partial charge in [0.15, 0.2) is 5.69 Å². The van der Waals surface area contributed by atoms with Crippen LogP contribution in [0.25, 0.3) is 0 Å². The van der Waals surface area contributed by atoms with Crippen molar-refractivity contribution in [3.63, 3.8) is 0 Å². The predicted octanol–water partition coefficient (Wildman–Crippen LogP) is 3.51. The Balaban J connectivity index is 1.67. The van der Waals surface area contributed by atoms with E-state index in [1.807, 2.05) is 0 Å². The highest BCUT2D eigenvalue weighted by atomic mass is 79.9. The fourth-order valence-electron chi connectivity index (χ4n) is 2.95. The maximum absolute atomic E-state index is 10.8. The van der Waals surface area contributed by atoms with E-state index in [0.717, 1.165) is 17.4 Å². The molecule has 1 N–H and O–H groups in total. The van der Waals surface area contributed by atoms with Crippen molar-refractivity contribution in [2.45, 2.75) is 31.8 Å². The van der Waals surface area contributed by atoms with E-state index in [4.69, 9.17) is 9.52 Å². The van der Waals surface area contributed by atoms with Crippen LogP contribution in [0.15, 0.2) is 39.4 Å². The predicted molar refractivity (Wildman–Crippen MR) is 84.8 cm³/mol. The Morgan fingerprint density at radius 2 is 2.18 bits per heavy atom. The van der Waals surface area contributed by atoms with Crippen LogP contribution in [0.1, 0.15) is 41.2 Å². The summed E-state index contributed by atoms with van der Waals surface area (Å²) >= 11 is 3.46. The second-order valence-electron chi connectivity index (χ2n) is 5.69. The van der Waals surface area contributed by atoms with Gasteiger partial charge in [0.2, 0.25) is 5.89 Å². The summed E-state index contributed by atoms with van der Waals surface area (Å²) in [4.78, 5) is 17.1. The van der Waals surface area contributed by atoms with Crippen molar-refractivity contribution in [2.24, 2.45) is 0 Å². The molecule has 0 saturated carbocycles. The largest absolute Gasteiger partial charge is 0.476 e. The number of halogens is 1. The third-order valence-corrected chi connectivity index (χ3v) is 4.68. The molecular formula is C16H17BrN2O3. The van der Waals surface area contributed by atoms with Crippen LogP contribution in [0, 0.1) is 0 Å². The fraction of sp³-hybridized carbons (Fsp3) is 0.375. The molecule has 0 aliphatic carbocycles. The summed E-state index contributed by atoms with van der Waals surface area (Å²) in [5, 5.41) is 8.88. The number of oxazole rings is 1. The molecule has 1 aliphatic rings. The van der Waals surface area contributed by atoms with Gasteiger partial charge in [0, 0.05) is 17.1 Å². The first-order valence-electron chi connectivity index (χ1n) is 7.20. The lowest BCUT2D eigenvalue weighted by Crippen LogP contribution is -2.26. The third-order valence-electron chi connectivity index (χ3n) is 4.15. The second kappa shape index (κ2) is 6.22. The highest BCUT2D eigenvalue weighted by Crippen LogP contribution is 2.33. The molecule has 0 amide bonds. The van der Waals surface area contributed by atoms with Gasteiger partial charge < -0.3 is 9.52 Å². The molecule has 1 aromatic heterocycles. The summed E-state index contributed by atoms with van der Waals surface area (Å²) < 4.78 is 6.34. The molecule has 5 nitrogen and oxygen atoms in total. The number of rotatable bonds is 4. The van der Waals surface area contributed by atoms with Crippen LogP contribution in [-0.2, 0) is 6.54 Å². The highest BCUT2D eigenvalue weighted by molar-refractivity contribution is 9.10. The van der Waals surface area contributed by atoms with Gasteiger partial charge in [-0.05, 0) is 37.0 Å². The molecule has 1 aliphatic heterocycles. The van der Waals surface area contributed by atoms with Crippen molar-refractivity contribution < 1.29 is 14.3 Å². The van der Waals surface area contributed by atoms with E-state index in [2.05, 4.69) is 57.0 Å². The highest BCUT2D eigenvalue weighted by Gasteiger charge is 2.31. The van der Waals surface area contributed by atoms with Gasteiger partial charge in [-0.15, -0.1) is 0 Å². The first-order chi connectivity index (χ1) is 10.5. The lowest BCUT2D eigenvalue weighted by atomic mass is 9.97. The smallest absolute Gasteiger partial charge is 0.357 e. The Morgan fingerprint density at radius 3 is 2.82 bits per heavy atom. The van der Waals surface area contributed by atoms with Crippen LogP contribution in [0.5, 0.6) is 0 Å². The molecule has 2 unspecified atom stereocenters. The monoisotopic (exact) mass is 364 g/mol. The first-order valence-corrected chi connectivity index (χ1v) is 7.99. The maximum atomic E-state index is 10.8. The summed E-state index contributed by atoms with van der Waals surface area (Å²) in [6, 6.07) is 8.84. The molecular weight excluding hydrogens is 348 g/mol. The average Bonchev–Trinajstić information content (AvgIpc) is 3.08. The lowest BCUT2D eigenvalue weighted by molar-refractivity contribution is 0.0690. The van der Waals surface area contributed by atoms with Crippen LogP contribution in [0.4, 0.5) is 0 Å². The Hall–Kier alpha value is -1.66. The van der Waals surface area contributed by atoms with E-state index in [1.165, 1.54) is 11.8 Å². The van der Waals surface area contributed by atoms with Gasteiger partial charge in [-0.3, -0.25) is 4.90 Å². The van der Waals surface area contributed by atoms with Gasteiger partial charge in [-0.1, -0.05) is 28.1 Å². The van der Waals surface area contributed by atoms with Gasteiger partial charge in [-0.2, -0.15) is 0 Å². The number of aromatic carboxylic acids is 1. The quantitative estimate of drug-likeness (QED) is 0.898. The second-order valence-corrected chi connectivity index (χ2v) is 6.61. The minimum absolute atomic E-state index is 0.0358. The molecule has 22 heavy (non-hydrogen) atoms. The van der Waals surface area contributed by atoms with E-state index in [-0.39, 0.29) is 5.69 Å². The standard InChI is InChI=1S/C16H17BrN2O3/c1-10-6-12(11-2-4-13(17)5-3-11)7-19(10)8-15-18-14(9-22-15)16(20)21/h2-5,9-10,12H,6-8H2,1H3,(H,20,21). The summed E-state index contributed by atoms with van der Waals surface area (Å²) in [5.41, 5.74) is 1.29. The van der Waals surface area contributed by atoms with Gasteiger partial charge in [-0.25, -0.2) is 9.78 Å². The van der Waals surface area contributed by atoms with E-state index in [1.54, 1.807) is 0 Å². The summed E-state index contributed by atoms with van der Waals surface area (Å²) in [6.07, 6.45) is 2.28. The van der Waals surface area contributed by atoms with Crippen LogP contribution in [0.3, 0.4) is 0 Å². The number of likely N-dealkylation sites (tertiary alicyclic amines) is 1. The maximum Gasteiger partial charge on any atom is 0.357 e. The van der Waals surface area contributed by atoms with Crippen molar-refractivity contribution in [3.05, 3.63) is 52.1 Å². The number of nitrogens with zero attached hydrogens (tertiary/aromatic N) is 2. The zero-order valence-corrected chi connectivity index (χ0v) is 13.8. The van der Waals surface area contributed by atoms with Gasteiger partial charge in [0.25, 0.3) is 0 Å². The number of hydrogen-bond donors (Lipinski definition) is 1. The van der Waals surface area contributed by atoms with Crippen LogP contribution in [0.2, 0.25) is 0 Å². The molecule has 2 atom stereocenters. The van der Waals surface area contributed by atoms with E-state index in [0.29, 0.717) is 24.4 Å². The first kappa shape index (κ1) is 15.2. The molecule has 2 aromatic rings. The van der Waals surface area contributed by atoms with Crippen molar-refractivity contribution in [2.75, 3.05) is 6.54 Å². The van der Waals surface area contributed by atoms with E-state index in [9.17, 15) is 4.79 Å². The molecule has 1 saturated heterocycles. The number of hydrogen-bond acceptors (Lipinski definition) is 4. The number of benzene rings is 1. The minimum Gasteiger partial charge on any atom is -0.476 e. The number of carboxylic acid groups (broad SMARTS) is 1. The molecule has 0 radical (unpaired) electrons. The summed E-state index contributed by atoms with van der Waals surface area (Å²) in [6.45, 7) is 3.65. The fourth-order valence-corrected chi connectivity index (χ4v) is 3.22. The van der Waals surface area contributed by atoms with Gasteiger partial charge in [0.05, 0.1) is 6.54 Å². The van der Waals surface area contributed by atoms with Gasteiger partial charge >= 0.3 is 5.97 Å². The summed E-state index contributed by atoms with van der Waals surface area (Å²) in [7, 11) is 0. The molecule has 116 valence electrons. The number of carbonyl (C=O) groups is 1. The molecule has 1 fully saturated rings. The molecule has 6 heteroatoms. The van der Waals surface area contributed by atoms with Crippen molar-refractivity contribution in [1.82, 2.24) is 9.88 Å². The van der Waals surface area contributed by atoms with E-state index >= 15 is 0 Å². The topological polar surface area (TPSA) is 66.6 Å². The number of carboxylic acids is 1. The number of aromatic nitrogens is 1. The molecule has 0 bridgehead atoms. The molecule has 0 spiro atoms. The zero-order valence-electron chi connectivity index (χ0n) is 12.2. The summed E-state index contributed by atoms with van der Waals surface area (Å²) in [5.74, 6) is -0.116. The molecule has 3 rings (SSSR count). The normalized spacial score (nSPS) is 22.1. The van der Waals surface area contributed by atoms with Crippen molar-refractivity contribution in [3.8, 4) is 0 Å². The van der Waals surface area contributed by atoms with Crippen molar-refractivity contribution >= 4 is 21.9 Å².